The van der Waals surface area contributed by atoms with Crippen LogP contribution in [0.15, 0.2) is 29.6 Å². The zero-order valence-electron chi connectivity index (χ0n) is 11.1. The average molecular weight is 313 g/mol. The highest BCUT2D eigenvalue weighted by Crippen LogP contribution is 2.36. The first-order chi connectivity index (χ1) is 10.1. The number of hydrogen-bond donors (Lipinski definition) is 1. The number of hydrogen-bond acceptors (Lipinski definition) is 3. The predicted molar refractivity (Wildman–Crippen MR) is 76.7 cm³/mol. The molecule has 1 N–H and O–H groups in total. The third kappa shape index (κ3) is 3.15. The van der Waals surface area contributed by atoms with Crippen molar-refractivity contribution in [1.82, 2.24) is 0 Å². The second kappa shape index (κ2) is 5.97. The average Bonchev–Trinajstić information content (AvgIpc) is 2.91. The zero-order valence-corrected chi connectivity index (χ0v) is 11.9. The molecular formula is C15H14F3NOS. The van der Waals surface area contributed by atoms with Crippen molar-refractivity contribution in [2.24, 2.45) is 0 Å². The van der Waals surface area contributed by atoms with Gasteiger partial charge in [-0.15, -0.1) is 11.3 Å². The lowest BCUT2D eigenvalue weighted by molar-refractivity contribution is -0.0521. The molecule has 3 rings (SSSR count). The Morgan fingerprint density at radius 2 is 2.14 bits per heavy atom. The number of halogens is 3. The molecule has 1 aliphatic rings. The molecule has 0 spiro atoms. The third-order valence-corrected chi connectivity index (χ3v) is 4.54. The summed E-state index contributed by atoms with van der Waals surface area (Å²) in [4.78, 5) is 1.36. The molecule has 1 aliphatic carbocycles. The maximum Gasteiger partial charge on any atom is 0.387 e. The normalized spacial score (nSPS) is 17.6. The largest absolute Gasteiger partial charge is 0.432 e. The standard InChI is InChI=1S/C15H14F3NOS/c16-11-8-9(4-5-13(11)20-15(17)18)19-12-2-1-3-14-10(12)6-7-21-14/h4-8,12,15,19H,1-3H2. The van der Waals surface area contributed by atoms with Crippen molar-refractivity contribution < 1.29 is 17.9 Å². The molecule has 21 heavy (non-hydrogen) atoms. The molecule has 1 atom stereocenters. The minimum absolute atomic E-state index is 0.140. The van der Waals surface area contributed by atoms with E-state index in [4.69, 9.17) is 0 Å². The summed E-state index contributed by atoms with van der Waals surface area (Å²) >= 11 is 1.73. The number of fused-ring (bicyclic) bond motifs is 1. The minimum Gasteiger partial charge on any atom is -0.432 e. The summed E-state index contributed by atoms with van der Waals surface area (Å²) in [5.41, 5.74) is 1.82. The lowest BCUT2D eigenvalue weighted by Gasteiger charge is -2.24. The molecular weight excluding hydrogens is 299 g/mol. The van der Waals surface area contributed by atoms with Gasteiger partial charge in [-0.05, 0) is 48.4 Å². The van der Waals surface area contributed by atoms with Gasteiger partial charge in [0.25, 0.3) is 0 Å². The summed E-state index contributed by atoms with van der Waals surface area (Å²) in [7, 11) is 0. The van der Waals surface area contributed by atoms with Gasteiger partial charge in [-0.25, -0.2) is 4.39 Å². The number of ether oxygens (including phenoxy) is 1. The van der Waals surface area contributed by atoms with Gasteiger partial charge in [-0.1, -0.05) is 0 Å². The Labute approximate surface area is 124 Å². The van der Waals surface area contributed by atoms with E-state index < -0.39 is 18.2 Å². The number of anilines is 1. The molecule has 1 aromatic carbocycles. The van der Waals surface area contributed by atoms with Crippen LogP contribution >= 0.6 is 11.3 Å². The lowest BCUT2D eigenvalue weighted by atomic mass is 9.94. The molecule has 2 aromatic rings. The fourth-order valence-electron chi connectivity index (χ4n) is 2.62. The van der Waals surface area contributed by atoms with E-state index in [1.54, 1.807) is 17.4 Å². The van der Waals surface area contributed by atoms with Crippen LogP contribution in [-0.2, 0) is 6.42 Å². The van der Waals surface area contributed by atoms with E-state index in [2.05, 4.69) is 21.5 Å². The van der Waals surface area contributed by atoms with Crippen LogP contribution in [0.25, 0.3) is 0 Å². The number of thiophene rings is 1. The number of rotatable bonds is 4. The van der Waals surface area contributed by atoms with Crippen molar-refractivity contribution in [3.8, 4) is 5.75 Å². The number of benzene rings is 1. The summed E-state index contributed by atoms with van der Waals surface area (Å²) in [5.74, 6) is -1.22. The minimum atomic E-state index is -3.02. The van der Waals surface area contributed by atoms with Gasteiger partial charge in [0.05, 0.1) is 6.04 Å². The van der Waals surface area contributed by atoms with Crippen LogP contribution in [0.1, 0.15) is 29.3 Å². The lowest BCUT2D eigenvalue weighted by Crippen LogP contribution is -2.15. The topological polar surface area (TPSA) is 21.3 Å². The summed E-state index contributed by atoms with van der Waals surface area (Å²) in [6.45, 7) is -3.02. The second-order valence-corrected chi connectivity index (χ2v) is 5.91. The van der Waals surface area contributed by atoms with E-state index in [0.717, 1.165) is 19.3 Å². The van der Waals surface area contributed by atoms with Crippen molar-refractivity contribution in [2.45, 2.75) is 31.9 Å². The van der Waals surface area contributed by atoms with Crippen molar-refractivity contribution >= 4 is 17.0 Å². The summed E-state index contributed by atoms with van der Waals surface area (Å²) < 4.78 is 42.0. The summed E-state index contributed by atoms with van der Waals surface area (Å²) in [6, 6.07) is 6.20. The van der Waals surface area contributed by atoms with Gasteiger partial charge in [0.1, 0.15) is 0 Å². The number of alkyl halides is 2. The molecule has 0 amide bonds. The quantitative estimate of drug-likeness (QED) is 0.859. The molecule has 1 unspecified atom stereocenters. The van der Waals surface area contributed by atoms with Gasteiger partial charge in [0.15, 0.2) is 11.6 Å². The van der Waals surface area contributed by atoms with E-state index in [1.807, 2.05) is 0 Å². The van der Waals surface area contributed by atoms with Gasteiger partial charge in [0, 0.05) is 16.6 Å². The van der Waals surface area contributed by atoms with Crippen molar-refractivity contribution in [3.05, 3.63) is 45.9 Å². The third-order valence-electron chi connectivity index (χ3n) is 3.54. The molecule has 0 bridgehead atoms. The molecule has 0 saturated carbocycles. The Morgan fingerprint density at radius 1 is 1.29 bits per heavy atom. The monoisotopic (exact) mass is 313 g/mol. The molecule has 2 nitrogen and oxygen atoms in total. The van der Waals surface area contributed by atoms with Crippen LogP contribution in [0.5, 0.6) is 5.75 Å². The molecule has 1 heterocycles. The first-order valence-electron chi connectivity index (χ1n) is 6.70. The molecule has 0 aliphatic heterocycles. The fourth-order valence-corrected chi connectivity index (χ4v) is 3.61. The van der Waals surface area contributed by atoms with Crippen LogP contribution in [0.2, 0.25) is 0 Å². The molecule has 6 heteroatoms. The van der Waals surface area contributed by atoms with E-state index in [9.17, 15) is 13.2 Å². The highest BCUT2D eigenvalue weighted by molar-refractivity contribution is 7.10. The van der Waals surface area contributed by atoms with E-state index >= 15 is 0 Å². The van der Waals surface area contributed by atoms with Crippen LogP contribution < -0.4 is 10.1 Å². The number of nitrogens with one attached hydrogen (secondary N) is 1. The first kappa shape index (κ1) is 14.3. The number of aryl methyl sites for hydroxylation is 1. The maximum atomic E-state index is 13.7. The van der Waals surface area contributed by atoms with Gasteiger partial charge < -0.3 is 10.1 Å². The Morgan fingerprint density at radius 3 is 2.90 bits per heavy atom. The van der Waals surface area contributed by atoms with E-state index in [-0.39, 0.29) is 6.04 Å². The first-order valence-corrected chi connectivity index (χ1v) is 7.58. The van der Waals surface area contributed by atoms with Crippen molar-refractivity contribution in [2.75, 3.05) is 5.32 Å². The fraction of sp³-hybridized carbons (Fsp3) is 0.333. The Kier molecular flexibility index (Phi) is 4.05. The van der Waals surface area contributed by atoms with Gasteiger partial charge >= 0.3 is 6.61 Å². The molecule has 112 valence electrons. The van der Waals surface area contributed by atoms with Crippen molar-refractivity contribution in [1.29, 1.82) is 0 Å². The van der Waals surface area contributed by atoms with Crippen LogP contribution in [-0.4, -0.2) is 6.61 Å². The smallest absolute Gasteiger partial charge is 0.387 e. The van der Waals surface area contributed by atoms with Crippen LogP contribution in [0.4, 0.5) is 18.9 Å². The highest BCUT2D eigenvalue weighted by Gasteiger charge is 2.21. The summed E-state index contributed by atoms with van der Waals surface area (Å²) in [5, 5.41) is 5.33. The van der Waals surface area contributed by atoms with Gasteiger partial charge in [-0.3, -0.25) is 0 Å². The van der Waals surface area contributed by atoms with Crippen LogP contribution in [0, 0.1) is 5.82 Å². The predicted octanol–water partition coefficient (Wildman–Crippen LogP) is 4.98. The molecule has 0 fully saturated rings. The van der Waals surface area contributed by atoms with E-state index in [0.29, 0.717) is 5.69 Å². The maximum absolute atomic E-state index is 13.7. The Hall–Kier alpha value is -1.69. The van der Waals surface area contributed by atoms with Crippen LogP contribution in [0.3, 0.4) is 0 Å². The molecule has 1 aromatic heterocycles. The SMILES string of the molecule is Fc1cc(NC2CCCc3sccc32)ccc1OC(F)F. The van der Waals surface area contributed by atoms with Crippen molar-refractivity contribution in [3.63, 3.8) is 0 Å². The van der Waals surface area contributed by atoms with Gasteiger partial charge in [0.2, 0.25) is 0 Å². The van der Waals surface area contributed by atoms with Gasteiger partial charge in [-0.2, -0.15) is 8.78 Å². The second-order valence-electron chi connectivity index (χ2n) is 4.91. The Balaban J connectivity index is 1.76. The zero-order chi connectivity index (χ0) is 14.8. The summed E-state index contributed by atoms with van der Waals surface area (Å²) in [6.07, 6.45) is 3.14. The Bertz CT molecular complexity index is 629. The van der Waals surface area contributed by atoms with E-state index in [1.165, 1.54) is 22.6 Å². The molecule has 0 radical (unpaired) electrons. The highest BCUT2D eigenvalue weighted by atomic mass is 32.1. The molecule has 0 saturated heterocycles.